The largest absolute Gasteiger partial charge is 0.454 e. The van der Waals surface area contributed by atoms with Gasteiger partial charge >= 0.3 is 0 Å². The van der Waals surface area contributed by atoms with Crippen molar-refractivity contribution < 1.29 is 14.3 Å². The van der Waals surface area contributed by atoms with Crippen LogP contribution >= 0.6 is 0 Å². The first-order valence-electron chi connectivity index (χ1n) is 9.99. The predicted octanol–water partition coefficient (Wildman–Crippen LogP) is 4.26. The molecule has 4 heteroatoms. The van der Waals surface area contributed by atoms with Crippen LogP contribution in [0.3, 0.4) is 0 Å². The van der Waals surface area contributed by atoms with Crippen molar-refractivity contribution in [1.29, 1.82) is 0 Å². The lowest BCUT2D eigenvalue weighted by molar-refractivity contribution is -0.128. The molecule has 1 aromatic rings. The second-order valence-electron chi connectivity index (χ2n) is 8.30. The highest BCUT2D eigenvalue weighted by Gasteiger charge is 2.42. The van der Waals surface area contributed by atoms with Crippen molar-refractivity contribution in [3.8, 4) is 11.5 Å². The fourth-order valence-corrected chi connectivity index (χ4v) is 4.74. The van der Waals surface area contributed by atoms with E-state index in [9.17, 15) is 4.79 Å². The molecule has 1 aromatic carbocycles. The van der Waals surface area contributed by atoms with Crippen molar-refractivity contribution in [3.05, 3.63) is 35.9 Å². The molecule has 1 saturated carbocycles. The number of fused-ring (bicyclic) bond motifs is 2. The number of allylic oxidation sites excluding steroid dienone is 2. The second-order valence-corrected chi connectivity index (χ2v) is 8.30. The Bertz CT molecular complexity index is 697. The molecule has 3 aliphatic rings. The molecule has 0 bridgehead atoms. The van der Waals surface area contributed by atoms with E-state index in [0.29, 0.717) is 17.8 Å². The Hall–Kier alpha value is -1.97. The number of carbonyl (C=O) groups excluding carboxylic acids is 1. The summed E-state index contributed by atoms with van der Waals surface area (Å²) in [5.74, 6) is 3.36. The molecule has 1 aliphatic heterocycles. The van der Waals surface area contributed by atoms with E-state index >= 15 is 0 Å². The van der Waals surface area contributed by atoms with Gasteiger partial charge in [0.2, 0.25) is 12.7 Å². The SMILES string of the molecule is CC(C)CNC(=O)[C@H]1[C@@H]2CCCC[C@@H]2C=C[C@@H]1c1ccc2c(c1)OCO2. The Labute approximate surface area is 156 Å². The molecule has 1 heterocycles. The van der Waals surface area contributed by atoms with Crippen LogP contribution in [0.5, 0.6) is 11.5 Å². The highest BCUT2D eigenvalue weighted by Crippen LogP contribution is 2.47. The van der Waals surface area contributed by atoms with Crippen LogP contribution in [0, 0.1) is 23.7 Å². The molecule has 1 amide bonds. The monoisotopic (exact) mass is 355 g/mol. The molecule has 4 nitrogen and oxygen atoms in total. The summed E-state index contributed by atoms with van der Waals surface area (Å²) in [5.41, 5.74) is 1.15. The van der Waals surface area contributed by atoms with E-state index in [1.807, 2.05) is 6.07 Å². The maximum Gasteiger partial charge on any atom is 0.231 e. The molecule has 0 radical (unpaired) electrons. The molecule has 0 saturated heterocycles. The summed E-state index contributed by atoms with van der Waals surface area (Å²) < 4.78 is 11.0. The van der Waals surface area contributed by atoms with Crippen LogP contribution in [0.4, 0.5) is 0 Å². The molecular weight excluding hydrogens is 326 g/mol. The van der Waals surface area contributed by atoms with Gasteiger partial charge in [-0.2, -0.15) is 0 Å². The zero-order chi connectivity index (χ0) is 18.1. The molecule has 140 valence electrons. The van der Waals surface area contributed by atoms with E-state index in [-0.39, 0.29) is 24.5 Å². The molecule has 4 atom stereocenters. The summed E-state index contributed by atoms with van der Waals surface area (Å²) in [6, 6.07) is 6.12. The number of hydrogen-bond donors (Lipinski definition) is 1. The van der Waals surface area contributed by atoms with Gasteiger partial charge in [-0.05, 0) is 48.3 Å². The maximum absolute atomic E-state index is 13.2. The maximum atomic E-state index is 13.2. The van der Waals surface area contributed by atoms with E-state index < -0.39 is 0 Å². The zero-order valence-corrected chi connectivity index (χ0v) is 15.7. The molecule has 26 heavy (non-hydrogen) atoms. The number of hydrogen-bond acceptors (Lipinski definition) is 3. The molecule has 1 N–H and O–H groups in total. The minimum atomic E-state index is 0.00409. The first-order valence-corrected chi connectivity index (χ1v) is 9.99. The van der Waals surface area contributed by atoms with Gasteiger partial charge in [-0.25, -0.2) is 0 Å². The Kier molecular flexibility index (Phi) is 4.92. The van der Waals surface area contributed by atoms with Crippen LogP contribution in [0.15, 0.2) is 30.4 Å². The lowest BCUT2D eigenvalue weighted by atomic mass is 9.63. The minimum Gasteiger partial charge on any atom is -0.454 e. The van der Waals surface area contributed by atoms with Gasteiger partial charge in [0, 0.05) is 12.5 Å². The summed E-state index contributed by atoms with van der Waals surface area (Å²) in [4.78, 5) is 13.2. The molecule has 0 unspecified atom stereocenters. The quantitative estimate of drug-likeness (QED) is 0.821. The highest BCUT2D eigenvalue weighted by atomic mass is 16.7. The van der Waals surface area contributed by atoms with Gasteiger partial charge < -0.3 is 14.8 Å². The molecule has 2 aliphatic carbocycles. The highest BCUT2D eigenvalue weighted by molar-refractivity contribution is 5.81. The van der Waals surface area contributed by atoms with Crippen molar-refractivity contribution in [2.45, 2.75) is 45.4 Å². The molecule has 0 spiro atoms. The van der Waals surface area contributed by atoms with Gasteiger partial charge in [0.25, 0.3) is 0 Å². The van der Waals surface area contributed by atoms with Crippen LogP contribution in [-0.4, -0.2) is 19.2 Å². The topological polar surface area (TPSA) is 47.6 Å². The van der Waals surface area contributed by atoms with Crippen molar-refractivity contribution >= 4 is 5.91 Å². The van der Waals surface area contributed by atoms with Crippen molar-refractivity contribution in [2.24, 2.45) is 23.7 Å². The zero-order valence-electron chi connectivity index (χ0n) is 15.7. The predicted molar refractivity (Wildman–Crippen MR) is 101 cm³/mol. The summed E-state index contributed by atoms with van der Waals surface area (Å²) in [7, 11) is 0. The Morgan fingerprint density at radius 1 is 1.15 bits per heavy atom. The first-order chi connectivity index (χ1) is 12.6. The third-order valence-corrected chi connectivity index (χ3v) is 6.06. The van der Waals surface area contributed by atoms with E-state index in [4.69, 9.17) is 9.47 Å². The van der Waals surface area contributed by atoms with Crippen LogP contribution in [0.2, 0.25) is 0 Å². The number of benzene rings is 1. The number of carbonyl (C=O) groups is 1. The third-order valence-electron chi connectivity index (χ3n) is 6.06. The van der Waals surface area contributed by atoms with E-state index in [1.165, 1.54) is 19.3 Å². The van der Waals surface area contributed by atoms with Gasteiger partial charge in [0.05, 0.1) is 5.92 Å². The van der Waals surface area contributed by atoms with Gasteiger partial charge in [-0.15, -0.1) is 0 Å². The van der Waals surface area contributed by atoms with Crippen LogP contribution in [0.25, 0.3) is 0 Å². The van der Waals surface area contributed by atoms with Gasteiger partial charge in [0.1, 0.15) is 0 Å². The van der Waals surface area contributed by atoms with E-state index in [1.54, 1.807) is 0 Å². The van der Waals surface area contributed by atoms with Crippen molar-refractivity contribution in [1.82, 2.24) is 5.32 Å². The van der Waals surface area contributed by atoms with Gasteiger partial charge in [-0.1, -0.05) is 44.9 Å². The fourth-order valence-electron chi connectivity index (χ4n) is 4.74. The van der Waals surface area contributed by atoms with Crippen LogP contribution in [-0.2, 0) is 4.79 Å². The Balaban J connectivity index is 1.64. The van der Waals surface area contributed by atoms with E-state index in [0.717, 1.165) is 30.0 Å². The minimum absolute atomic E-state index is 0.00409. The standard InChI is InChI=1S/C22H29NO3/c1-14(2)12-23-22(24)21-17-6-4-3-5-15(17)7-9-18(21)16-8-10-19-20(11-16)26-13-25-19/h7-11,14-15,17-18,21H,3-6,12-13H2,1-2H3,(H,23,24)/t15-,17-,18-,21+/m1/s1. The van der Waals surface area contributed by atoms with Crippen LogP contribution in [0.1, 0.15) is 51.0 Å². The average Bonchev–Trinajstić information content (AvgIpc) is 3.13. The van der Waals surface area contributed by atoms with Crippen molar-refractivity contribution in [3.63, 3.8) is 0 Å². The molecule has 1 fully saturated rings. The third kappa shape index (κ3) is 3.34. The van der Waals surface area contributed by atoms with Gasteiger partial charge in [-0.3, -0.25) is 4.79 Å². The molecular formula is C22H29NO3. The summed E-state index contributed by atoms with van der Waals surface area (Å²) in [6.07, 6.45) is 9.51. The van der Waals surface area contributed by atoms with Crippen molar-refractivity contribution in [2.75, 3.05) is 13.3 Å². The lowest BCUT2D eigenvalue weighted by Gasteiger charge is -2.41. The van der Waals surface area contributed by atoms with E-state index in [2.05, 4.69) is 43.4 Å². The number of rotatable bonds is 4. The second kappa shape index (κ2) is 7.34. The van der Waals surface area contributed by atoms with Crippen LogP contribution < -0.4 is 14.8 Å². The number of amides is 1. The smallest absolute Gasteiger partial charge is 0.231 e. The first kappa shape index (κ1) is 17.4. The fraction of sp³-hybridized carbons (Fsp3) is 0.591. The molecule has 0 aromatic heterocycles. The number of ether oxygens (including phenoxy) is 2. The lowest BCUT2D eigenvalue weighted by Crippen LogP contribution is -2.44. The molecule has 4 rings (SSSR count). The summed E-state index contributed by atoms with van der Waals surface area (Å²) >= 11 is 0. The Morgan fingerprint density at radius 2 is 1.96 bits per heavy atom. The van der Waals surface area contributed by atoms with Gasteiger partial charge in [0.15, 0.2) is 11.5 Å². The summed E-state index contributed by atoms with van der Waals surface area (Å²) in [5, 5.41) is 3.21. The Morgan fingerprint density at radius 3 is 2.81 bits per heavy atom. The number of nitrogens with one attached hydrogen (secondary N) is 1. The average molecular weight is 355 g/mol. The normalized spacial score (nSPS) is 29.5. The summed E-state index contributed by atoms with van der Waals surface area (Å²) in [6.45, 7) is 5.30.